The fraction of sp³-hybridized carbons (Fsp3) is 0.111. The number of aromatic carboxylic acids is 1. The Morgan fingerprint density at radius 3 is 2.12 bits per heavy atom. The van der Waals surface area contributed by atoms with Crippen LogP contribution in [0.4, 0.5) is 5.69 Å². The number of hydrogen-bond acceptors (Lipinski definition) is 5. The average Bonchev–Trinajstić information content (AvgIpc) is 2.86. The minimum atomic E-state index is -1.00. The van der Waals surface area contributed by atoms with Gasteiger partial charge in [0.2, 0.25) is 0 Å². The van der Waals surface area contributed by atoms with E-state index in [2.05, 4.69) is 10.5 Å². The second-order valence-corrected chi connectivity index (χ2v) is 5.58. The fourth-order valence-corrected chi connectivity index (χ4v) is 2.49. The molecule has 3 rings (SSSR count). The molecule has 0 saturated carbocycles. The number of nitrogens with zero attached hydrogens (tertiary/aromatic N) is 2. The van der Waals surface area contributed by atoms with E-state index in [4.69, 9.17) is 5.11 Å². The first kappa shape index (κ1) is 16.4. The Labute approximate surface area is 143 Å². The predicted molar refractivity (Wildman–Crippen MR) is 91.9 cm³/mol. The summed E-state index contributed by atoms with van der Waals surface area (Å²) in [6.45, 7) is 1.77. The van der Waals surface area contributed by atoms with Crippen molar-refractivity contribution in [3.63, 3.8) is 0 Å². The quantitative estimate of drug-likeness (QED) is 0.496. The van der Waals surface area contributed by atoms with Gasteiger partial charge in [-0.1, -0.05) is 12.1 Å². The molecule has 1 heterocycles. The van der Waals surface area contributed by atoms with Crippen LogP contribution in [0.15, 0.2) is 53.6 Å². The fourth-order valence-electron chi connectivity index (χ4n) is 2.49. The highest BCUT2D eigenvalue weighted by Gasteiger charge is 2.35. The Hall–Kier alpha value is -3.48. The standard InChI is InChI=1S/C18H15N3O4/c1-11(19-20-13-8-6-12(7-9-13)18(24)25)10-21-16(22)14-4-2-3-5-15(14)17(21)23/h2-9,20H,10H2,1H3,(H,24,25)/b19-11-. The Morgan fingerprint density at radius 1 is 1.04 bits per heavy atom. The van der Waals surface area contributed by atoms with E-state index in [1.807, 2.05) is 0 Å². The predicted octanol–water partition coefficient (Wildman–Crippen LogP) is 2.47. The van der Waals surface area contributed by atoms with Crippen LogP contribution in [-0.4, -0.2) is 40.0 Å². The van der Waals surface area contributed by atoms with E-state index >= 15 is 0 Å². The van der Waals surface area contributed by atoms with E-state index in [0.717, 1.165) is 4.90 Å². The molecule has 25 heavy (non-hydrogen) atoms. The summed E-state index contributed by atoms with van der Waals surface area (Å²) in [5.74, 6) is -1.67. The number of carboxylic acids is 1. The van der Waals surface area contributed by atoms with Crippen molar-refractivity contribution in [2.45, 2.75) is 6.92 Å². The third kappa shape index (κ3) is 3.25. The molecule has 1 aliphatic heterocycles. The lowest BCUT2D eigenvalue weighted by Gasteiger charge is -2.13. The van der Waals surface area contributed by atoms with Gasteiger partial charge in [0, 0.05) is 0 Å². The van der Waals surface area contributed by atoms with Gasteiger partial charge in [-0.25, -0.2) is 4.79 Å². The lowest BCUT2D eigenvalue weighted by atomic mass is 10.1. The summed E-state index contributed by atoms with van der Waals surface area (Å²) >= 11 is 0. The smallest absolute Gasteiger partial charge is 0.335 e. The van der Waals surface area contributed by atoms with Crippen molar-refractivity contribution < 1.29 is 19.5 Å². The highest BCUT2D eigenvalue weighted by molar-refractivity contribution is 6.22. The summed E-state index contributed by atoms with van der Waals surface area (Å²) in [5, 5.41) is 13.0. The van der Waals surface area contributed by atoms with E-state index < -0.39 is 5.97 Å². The van der Waals surface area contributed by atoms with Crippen molar-refractivity contribution in [1.82, 2.24) is 4.90 Å². The number of fused-ring (bicyclic) bond motifs is 1. The summed E-state index contributed by atoms with van der Waals surface area (Å²) in [7, 11) is 0. The zero-order chi connectivity index (χ0) is 18.0. The van der Waals surface area contributed by atoms with Gasteiger partial charge >= 0.3 is 5.97 Å². The number of amides is 2. The van der Waals surface area contributed by atoms with Gasteiger partial charge in [-0.05, 0) is 43.3 Å². The molecular weight excluding hydrogens is 322 g/mol. The minimum absolute atomic E-state index is 0.0759. The molecule has 2 N–H and O–H groups in total. The Kier molecular flexibility index (Phi) is 4.30. The molecule has 0 saturated heterocycles. The number of anilines is 1. The van der Waals surface area contributed by atoms with Gasteiger partial charge in [0.15, 0.2) is 0 Å². The maximum Gasteiger partial charge on any atom is 0.335 e. The van der Waals surface area contributed by atoms with Crippen LogP contribution in [-0.2, 0) is 0 Å². The lowest BCUT2D eigenvalue weighted by molar-refractivity contribution is 0.0671. The van der Waals surface area contributed by atoms with Gasteiger partial charge in [0.25, 0.3) is 11.8 Å². The summed E-state index contributed by atoms with van der Waals surface area (Å²) in [6.07, 6.45) is 0. The van der Waals surface area contributed by atoms with Crippen molar-refractivity contribution in [2.75, 3.05) is 12.0 Å². The average molecular weight is 337 g/mol. The molecule has 0 spiro atoms. The zero-order valence-electron chi connectivity index (χ0n) is 13.4. The number of hydrogen-bond donors (Lipinski definition) is 2. The molecule has 0 fully saturated rings. The molecule has 0 radical (unpaired) electrons. The van der Waals surface area contributed by atoms with Gasteiger partial charge in [-0.2, -0.15) is 5.10 Å². The first-order valence-electron chi connectivity index (χ1n) is 7.55. The van der Waals surface area contributed by atoms with E-state index in [-0.39, 0.29) is 23.9 Å². The topological polar surface area (TPSA) is 99.1 Å². The first-order chi connectivity index (χ1) is 12.0. The van der Waals surface area contributed by atoms with Crippen LogP contribution in [0, 0.1) is 0 Å². The van der Waals surface area contributed by atoms with Crippen LogP contribution >= 0.6 is 0 Å². The number of carbonyl (C=O) groups excluding carboxylic acids is 2. The zero-order valence-corrected chi connectivity index (χ0v) is 13.4. The second kappa shape index (κ2) is 6.56. The number of benzene rings is 2. The Balaban J connectivity index is 1.67. The van der Waals surface area contributed by atoms with Gasteiger partial charge < -0.3 is 5.11 Å². The van der Waals surface area contributed by atoms with E-state index in [9.17, 15) is 14.4 Å². The highest BCUT2D eigenvalue weighted by Crippen LogP contribution is 2.22. The second-order valence-electron chi connectivity index (χ2n) is 5.58. The molecular formula is C18H15N3O4. The number of hydrazone groups is 1. The van der Waals surface area contributed by atoms with Crippen molar-refractivity contribution in [3.8, 4) is 0 Å². The normalized spacial score (nSPS) is 13.8. The number of imide groups is 1. The van der Waals surface area contributed by atoms with Crippen LogP contribution in [0.25, 0.3) is 0 Å². The SMILES string of the molecule is C/C(CN1C(=O)c2ccccc2C1=O)=N/Nc1ccc(C(=O)O)cc1. The molecule has 0 aromatic heterocycles. The van der Waals surface area contributed by atoms with Crippen molar-refractivity contribution in [2.24, 2.45) is 5.10 Å². The molecule has 0 atom stereocenters. The molecule has 7 nitrogen and oxygen atoms in total. The minimum Gasteiger partial charge on any atom is -0.478 e. The molecule has 0 aliphatic carbocycles. The van der Waals surface area contributed by atoms with Crippen LogP contribution in [0.5, 0.6) is 0 Å². The van der Waals surface area contributed by atoms with E-state index in [1.165, 1.54) is 12.1 Å². The van der Waals surface area contributed by atoms with Crippen molar-refractivity contribution >= 4 is 29.2 Å². The van der Waals surface area contributed by atoms with Crippen LogP contribution < -0.4 is 5.43 Å². The molecule has 126 valence electrons. The van der Waals surface area contributed by atoms with Crippen LogP contribution in [0.3, 0.4) is 0 Å². The Morgan fingerprint density at radius 2 is 1.60 bits per heavy atom. The summed E-state index contributed by atoms with van der Waals surface area (Å²) in [5.41, 5.74) is 4.90. The maximum atomic E-state index is 12.3. The first-order valence-corrected chi connectivity index (χ1v) is 7.55. The summed E-state index contributed by atoms with van der Waals surface area (Å²) in [6, 6.07) is 12.8. The summed E-state index contributed by atoms with van der Waals surface area (Å²) < 4.78 is 0. The molecule has 2 aromatic rings. The third-order valence-electron chi connectivity index (χ3n) is 3.77. The van der Waals surface area contributed by atoms with E-state index in [1.54, 1.807) is 43.3 Å². The molecule has 2 aromatic carbocycles. The maximum absolute atomic E-state index is 12.3. The lowest BCUT2D eigenvalue weighted by Crippen LogP contribution is -2.34. The monoisotopic (exact) mass is 337 g/mol. The van der Waals surface area contributed by atoms with Crippen LogP contribution in [0.2, 0.25) is 0 Å². The largest absolute Gasteiger partial charge is 0.478 e. The number of carbonyl (C=O) groups is 3. The van der Waals surface area contributed by atoms with Gasteiger partial charge in [-0.3, -0.25) is 19.9 Å². The molecule has 0 unspecified atom stereocenters. The number of nitrogens with one attached hydrogen (secondary N) is 1. The van der Waals surface area contributed by atoms with Crippen molar-refractivity contribution in [3.05, 3.63) is 65.2 Å². The molecule has 2 amide bonds. The third-order valence-corrected chi connectivity index (χ3v) is 3.77. The number of carboxylic acid groups (broad SMARTS) is 1. The molecule has 7 heteroatoms. The van der Waals surface area contributed by atoms with Gasteiger partial charge in [-0.15, -0.1) is 0 Å². The van der Waals surface area contributed by atoms with Gasteiger partial charge in [0.05, 0.1) is 34.6 Å². The van der Waals surface area contributed by atoms with Crippen molar-refractivity contribution in [1.29, 1.82) is 0 Å². The molecule has 1 aliphatic rings. The van der Waals surface area contributed by atoms with Crippen LogP contribution in [0.1, 0.15) is 38.0 Å². The van der Waals surface area contributed by atoms with Gasteiger partial charge in [0.1, 0.15) is 0 Å². The highest BCUT2D eigenvalue weighted by atomic mass is 16.4. The number of rotatable bonds is 5. The summed E-state index contributed by atoms with van der Waals surface area (Å²) in [4.78, 5) is 36.5. The Bertz CT molecular complexity index is 852. The molecule has 0 bridgehead atoms. The van der Waals surface area contributed by atoms with E-state index in [0.29, 0.717) is 22.5 Å².